The number of aryl methyl sites for hydroxylation is 5. The number of hydrogen-bond donors (Lipinski definition) is 1. The average Bonchev–Trinajstić information content (AvgIpc) is 2.54. The van der Waals surface area contributed by atoms with Crippen LogP contribution in [-0.4, -0.2) is 0 Å². The van der Waals surface area contributed by atoms with Gasteiger partial charge in [0.1, 0.15) is 0 Å². The van der Waals surface area contributed by atoms with Gasteiger partial charge in [-0.3, -0.25) is 0 Å². The Bertz CT molecular complexity index is 668. The van der Waals surface area contributed by atoms with E-state index in [1.54, 1.807) is 0 Å². The summed E-state index contributed by atoms with van der Waals surface area (Å²) in [6.07, 6.45) is 0. The second-order valence-corrected chi connectivity index (χ2v) is 6.17. The standard InChI is InChI=1S/2C8H10.C7H9N.CH4/c1-7-3-5-8(2)6-4-7;1-7-4-3-5-8(2)6-7;1-6-4-2-3-5-7(6)8;/h2*3-6H,1-2H3;2-5H,8H2,1H3;1H4. The molecule has 0 bridgehead atoms. The van der Waals surface area contributed by atoms with Crippen molar-refractivity contribution in [3.63, 3.8) is 0 Å². The number of anilines is 1. The normalized spacial score (nSPS) is 8.84. The van der Waals surface area contributed by atoms with Crippen molar-refractivity contribution in [3.05, 3.63) is 101 Å². The van der Waals surface area contributed by atoms with Crippen LogP contribution >= 0.6 is 0 Å². The topological polar surface area (TPSA) is 26.0 Å². The highest BCUT2D eigenvalue weighted by Crippen LogP contribution is 2.06. The van der Waals surface area contributed by atoms with Gasteiger partial charge in [0.05, 0.1) is 0 Å². The number of rotatable bonds is 0. The Morgan fingerprint density at radius 1 is 0.520 bits per heavy atom. The van der Waals surface area contributed by atoms with Crippen LogP contribution in [0.25, 0.3) is 0 Å². The first-order valence-corrected chi connectivity index (χ1v) is 8.26. The molecule has 0 aromatic heterocycles. The van der Waals surface area contributed by atoms with Gasteiger partial charge >= 0.3 is 0 Å². The number of nitrogens with two attached hydrogens (primary N) is 1. The lowest BCUT2D eigenvalue weighted by molar-refractivity contribution is 1.39. The number of para-hydroxylation sites is 1. The van der Waals surface area contributed by atoms with Crippen LogP contribution < -0.4 is 5.73 Å². The van der Waals surface area contributed by atoms with Gasteiger partial charge < -0.3 is 5.73 Å². The molecule has 0 aliphatic heterocycles. The van der Waals surface area contributed by atoms with Crippen molar-refractivity contribution in [2.75, 3.05) is 5.73 Å². The predicted molar refractivity (Wildman–Crippen MR) is 114 cm³/mol. The van der Waals surface area contributed by atoms with E-state index in [1.165, 1.54) is 22.3 Å². The average molecular weight is 336 g/mol. The molecule has 0 radical (unpaired) electrons. The Morgan fingerprint density at radius 3 is 1.24 bits per heavy atom. The molecule has 0 amide bonds. The zero-order valence-corrected chi connectivity index (χ0v) is 15.5. The molecule has 3 aromatic carbocycles. The summed E-state index contributed by atoms with van der Waals surface area (Å²) in [6.45, 7) is 10.4. The summed E-state index contributed by atoms with van der Waals surface area (Å²) in [4.78, 5) is 0. The first kappa shape index (κ1) is 22.5. The van der Waals surface area contributed by atoms with Crippen LogP contribution in [0.3, 0.4) is 0 Å². The Balaban J connectivity index is 0.000000339. The molecule has 0 saturated heterocycles. The fourth-order valence-corrected chi connectivity index (χ4v) is 2.03. The Labute approximate surface area is 154 Å². The van der Waals surface area contributed by atoms with E-state index in [9.17, 15) is 0 Å². The minimum absolute atomic E-state index is 0. The summed E-state index contributed by atoms with van der Waals surface area (Å²) < 4.78 is 0. The van der Waals surface area contributed by atoms with Gasteiger partial charge in [-0.2, -0.15) is 0 Å². The highest BCUT2D eigenvalue weighted by atomic mass is 14.5. The van der Waals surface area contributed by atoms with Crippen LogP contribution in [-0.2, 0) is 0 Å². The van der Waals surface area contributed by atoms with Gasteiger partial charge in [0.2, 0.25) is 0 Å². The third kappa shape index (κ3) is 10.0. The molecule has 2 N–H and O–H groups in total. The molecule has 0 heterocycles. The van der Waals surface area contributed by atoms with E-state index in [-0.39, 0.29) is 7.43 Å². The van der Waals surface area contributed by atoms with E-state index in [2.05, 4.69) is 76.2 Å². The van der Waals surface area contributed by atoms with Gasteiger partial charge in [0, 0.05) is 5.69 Å². The second-order valence-electron chi connectivity index (χ2n) is 6.17. The van der Waals surface area contributed by atoms with Crippen LogP contribution in [0.1, 0.15) is 35.2 Å². The molecular weight excluding hydrogens is 302 g/mol. The molecule has 0 saturated carbocycles. The molecule has 0 fully saturated rings. The first-order chi connectivity index (χ1) is 11.4. The van der Waals surface area contributed by atoms with Crippen molar-refractivity contribution in [2.45, 2.75) is 42.0 Å². The fraction of sp³-hybridized carbons (Fsp3) is 0.250. The largest absolute Gasteiger partial charge is 0.399 e. The minimum atomic E-state index is 0. The van der Waals surface area contributed by atoms with Gasteiger partial charge in [0.15, 0.2) is 0 Å². The summed E-state index contributed by atoms with van der Waals surface area (Å²) >= 11 is 0. The van der Waals surface area contributed by atoms with E-state index in [4.69, 9.17) is 5.73 Å². The van der Waals surface area contributed by atoms with Crippen molar-refractivity contribution in [2.24, 2.45) is 0 Å². The van der Waals surface area contributed by atoms with Crippen LogP contribution in [0.5, 0.6) is 0 Å². The minimum Gasteiger partial charge on any atom is -0.399 e. The lowest BCUT2D eigenvalue weighted by atomic mass is 10.2. The van der Waals surface area contributed by atoms with Gasteiger partial charge in [-0.15, -0.1) is 0 Å². The van der Waals surface area contributed by atoms with E-state index < -0.39 is 0 Å². The highest BCUT2D eigenvalue weighted by Gasteiger charge is 1.84. The summed E-state index contributed by atoms with van der Waals surface area (Å²) in [6, 6.07) is 24.7. The molecule has 0 spiro atoms. The van der Waals surface area contributed by atoms with Gasteiger partial charge in [-0.05, 0) is 46.2 Å². The lowest BCUT2D eigenvalue weighted by Crippen LogP contribution is -1.85. The maximum absolute atomic E-state index is 5.52. The van der Waals surface area contributed by atoms with Crippen molar-refractivity contribution >= 4 is 5.69 Å². The van der Waals surface area contributed by atoms with Gasteiger partial charge in [0.25, 0.3) is 0 Å². The molecule has 0 atom stereocenters. The molecule has 134 valence electrons. The number of benzene rings is 3. The van der Waals surface area contributed by atoms with Crippen LogP contribution in [0.4, 0.5) is 5.69 Å². The van der Waals surface area contributed by atoms with E-state index in [1.807, 2.05) is 31.2 Å². The zero-order chi connectivity index (χ0) is 17.9. The monoisotopic (exact) mass is 335 g/mol. The lowest BCUT2D eigenvalue weighted by Gasteiger charge is -1.93. The Hall–Kier alpha value is -2.54. The van der Waals surface area contributed by atoms with Gasteiger partial charge in [-0.25, -0.2) is 0 Å². The fourth-order valence-electron chi connectivity index (χ4n) is 2.03. The number of hydrogen-bond acceptors (Lipinski definition) is 1. The molecule has 0 unspecified atom stereocenters. The molecule has 1 nitrogen and oxygen atoms in total. The molecule has 1 heteroatoms. The van der Waals surface area contributed by atoms with Crippen LogP contribution in [0.15, 0.2) is 72.8 Å². The molecule has 0 aliphatic carbocycles. The zero-order valence-electron chi connectivity index (χ0n) is 15.5. The van der Waals surface area contributed by atoms with E-state index in [0.29, 0.717) is 0 Å². The van der Waals surface area contributed by atoms with Crippen LogP contribution in [0, 0.1) is 34.6 Å². The summed E-state index contributed by atoms with van der Waals surface area (Å²) in [5, 5.41) is 0. The predicted octanol–water partition coefficient (Wildman–Crippen LogP) is 6.82. The van der Waals surface area contributed by atoms with Crippen molar-refractivity contribution in [1.29, 1.82) is 0 Å². The Morgan fingerprint density at radius 2 is 0.960 bits per heavy atom. The smallest absolute Gasteiger partial charge is 0.0343 e. The maximum Gasteiger partial charge on any atom is 0.0343 e. The Kier molecular flexibility index (Phi) is 10.7. The first-order valence-electron chi connectivity index (χ1n) is 8.26. The van der Waals surface area contributed by atoms with E-state index >= 15 is 0 Å². The van der Waals surface area contributed by atoms with Crippen molar-refractivity contribution in [3.8, 4) is 0 Å². The molecule has 3 rings (SSSR count). The summed E-state index contributed by atoms with van der Waals surface area (Å²) in [5.74, 6) is 0. The quantitative estimate of drug-likeness (QED) is 0.448. The SMILES string of the molecule is C.Cc1ccc(C)cc1.Cc1cccc(C)c1.Cc1ccccc1N. The molecule has 3 aromatic rings. The highest BCUT2D eigenvalue weighted by molar-refractivity contribution is 5.44. The van der Waals surface area contributed by atoms with Crippen molar-refractivity contribution in [1.82, 2.24) is 0 Å². The third-order valence-corrected chi connectivity index (χ3v) is 3.58. The van der Waals surface area contributed by atoms with Crippen molar-refractivity contribution < 1.29 is 0 Å². The molecular formula is C24H33N. The summed E-state index contributed by atoms with van der Waals surface area (Å²) in [5.41, 5.74) is 12.9. The molecule has 0 aliphatic rings. The number of nitrogen functional groups attached to an aromatic ring is 1. The molecule has 25 heavy (non-hydrogen) atoms. The van der Waals surface area contributed by atoms with Gasteiger partial charge in [-0.1, -0.05) is 96.4 Å². The van der Waals surface area contributed by atoms with E-state index in [0.717, 1.165) is 11.3 Å². The maximum atomic E-state index is 5.52. The second kappa shape index (κ2) is 11.9. The van der Waals surface area contributed by atoms with Crippen LogP contribution in [0.2, 0.25) is 0 Å². The summed E-state index contributed by atoms with van der Waals surface area (Å²) in [7, 11) is 0. The third-order valence-electron chi connectivity index (χ3n) is 3.58.